The minimum Gasteiger partial charge on any atom is -0.356 e. The van der Waals surface area contributed by atoms with Gasteiger partial charge in [0.25, 0.3) is 0 Å². The number of halogens is 2. The van der Waals surface area contributed by atoms with E-state index >= 15 is 0 Å². The summed E-state index contributed by atoms with van der Waals surface area (Å²) in [4.78, 5) is 4.13. The highest BCUT2D eigenvalue weighted by Gasteiger charge is 2.34. The van der Waals surface area contributed by atoms with Crippen molar-refractivity contribution in [2.24, 2.45) is 10.4 Å². The molecule has 3 nitrogen and oxygen atoms in total. The Bertz CT molecular complexity index is 505. The van der Waals surface area contributed by atoms with Gasteiger partial charge in [-0.25, -0.2) is 8.78 Å². The molecule has 116 valence electrons. The first kappa shape index (κ1) is 15.7. The molecule has 0 saturated heterocycles. The number of guanidine groups is 1. The minimum atomic E-state index is -0.435. The number of benzene rings is 1. The highest BCUT2D eigenvalue weighted by molar-refractivity contribution is 5.79. The maximum Gasteiger partial charge on any atom is 0.191 e. The van der Waals surface area contributed by atoms with Crippen molar-refractivity contribution in [1.29, 1.82) is 0 Å². The second-order valence-corrected chi connectivity index (χ2v) is 5.72. The van der Waals surface area contributed by atoms with Gasteiger partial charge in [0.2, 0.25) is 0 Å². The van der Waals surface area contributed by atoms with E-state index in [-0.39, 0.29) is 6.54 Å². The molecule has 1 aliphatic rings. The molecule has 0 unspecified atom stereocenters. The average Bonchev–Trinajstić information content (AvgIpc) is 2.44. The molecule has 1 aromatic carbocycles. The zero-order valence-electron chi connectivity index (χ0n) is 12.7. The number of nitrogens with one attached hydrogen (secondary N) is 2. The molecule has 0 radical (unpaired) electrons. The van der Waals surface area contributed by atoms with Gasteiger partial charge in [0.05, 0.1) is 0 Å². The second-order valence-electron chi connectivity index (χ2n) is 5.72. The van der Waals surface area contributed by atoms with E-state index in [2.05, 4.69) is 22.5 Å². The molecular weight excluding hydrogens is 272 g/mol. The predicted octanol–water partition coefficient (Wildman–Crippen LogP) is 3.21. The van der Waals surface area contributed by atoms with Gasteiger partial charge in [-0.1, -0.05) is 13.3 Å². The number of rotatable bonds is 5. The van der Waals surface area contributed by atoms with Gasteiger partial charge in [-0.2, -0.15) is 0 Å². The first-order valence-corrected chi connectivity index (χ1v) is 7.47. The van der Waals surface area contributed by atoms with Crippen molar-refractivity contribution in [3.05, 3.63) is 35.4 Å². The van der Waals surface area contributed by atoms with Gasteiger partial charge in [0, 0.05) is 25.7 Å². The lowest BCUT2D eigenvalue weighted by Crippen LogP contribution is -2.46. The van der Waals surface area contributed by atoms with Gasteiger partial charge >= 0.3 is 0 Å². The third-order valence-electron chi connectivity index (χ3n) is 4.47. The van der Waals surface area contributed by atoms with E-state index in [0.29, 0.717) is 16.9 Å². The zero-order chi connectivity index (χ0) is 15.3. The van der Waals surface area contributed by atoms with Crippen LogP contribution in [0.4, 0.5) is 8.78 Å². The molecule has 1 fully saturated rings. The van der Waals surface area contributed by atoms with Crippen molar-refractivity contribution >= 4 is 5.96 Å². The Labute approximate surface area is 124 Å². The van der Waals surface area contributed by atoms with E-state index in [0.717, 1.165) is 25.1 Å². The highest BCUT2D eigenvalue weighted by atomic mass is 19.1. The monoisotopic (exact) mass is 295 g/mol. The van der Waals surface area contributed by atoms with Crippen LogP contribution in [0.5, 0.6) is 0 Å². The lowest BCUT2D eigenvalue weighted by Gasteiger charge is -2.41. The Morgan fingerprint density at radius 3 is 2.62 bits per heavy atom. The van der Waals surface area contributed by atoms with E-state index in [1.54, 1.807) is 7.05 Å². The minimum absolute atomic E-state index is 0.211. The van der Waals surface area contributed by atoms with E-state index in [1.807, 2.05) is 0 Å². The lowest BCUT2D eigenvalue weighted by molar-refractivity contribution is 0.131. The molecule has 1 aliphatic carbocycles. The second kappa shape index (κ2) is 6.87. The van der Waals surface area contributed by atoms with Gasteiger partial charge in [-0.3, -0.25) is 4.99 Å². The van der Waals surface area contributed by atoms with Crippen molar-refractivity contribution < 1.29 is 8.78 Å². The first-order chi connectivity index (χ1) is 10.1. The molecule has 2 N–H and O–H groups in total. The topological polar surface area (TPSA) is 36.4 Å². The number of hydrogen-bond donors (Lipinski definition) is 2. The average molecular weight is 295 g/mol. The smallest absolute Gasteiger partial charge is 0.191 e. The van der Waals surface area contributed by atoms with Crippen LogP contribution in [0.15, 0.2) is 23.2 Å². The van der Waals surface area contributed by atoms with Crippen LogP contribution in [0.2, 0.25) is 0 Å². The molecule has 0 aliphatic heterocycles. The van der Waals surface area contributed by atoms with Crippen LogP contribution >= 0.6 is 0 Å². The van der Waals surface area contributed by atoms with E-state index < -0.39 is 11.6 Å². The van der Waals surface area contributed by atoms with Crippen molar-refractivity contribution in [2.75, 3.05) is 13.6 Å². The van der Waals surface area contributed by atoms with Crippen molar-refractivity contribution in [1.82, 2.24) is 10.6 Å². The molecule has 2 rings (SSSR count). The third-order valence-corrected chi connectivity index (χ3v) is 4.47. The van der Waals surface area contributed by atoms with Crippen molar-refractivity contribution in [3.8, 4) is 0 Å². The Balaban J connectivity index is 1.87. The maximum absolute atomic E-state index is 13.6. The Morgan fingerprint density at radius 1 is 1.29 bits per heavy atom. The summed E-state index contributed by atoms with van der Waals surface area (Å²) in [6, 6.07) is 3.46. The molecule has 1 saturated carbocycles. The Kier molecular flexibility index (Phi) is 5.15. The molecule has 0 bridgehead atoms. The van der Waals surface area contributed by atoms with Gasteiger partial charge in [-0.05, 0) is 42.9 Å². The van der Waals surface area contributed by atoms with Crippen LogP contribution in [-0.4, -0.2) is 19.6 Å². The van der Waals surface area contributed by atoms with Crippen LogP contribution < -0.4 is 10.6 Å². The SMILES string of the molecule is CCC1(CNC(=NC)NCc2cc(F)ccc2F)CCC1. The number of hydrogen-bond acceptors (Lipinski definition) is 1. The molecule has 0 spiro atoms. The fourth-order valence-corrected chi connectivity index (χ4v) is 2.68. The fourth-order valence-electron chi connectivity index (χ4n) is 2.68. The van der Waals surface area contributed by atoms with Gasteiger partial charge in [-0.15, -0.1) is 0 Å². The normalized spacial score (nSPS) is 17.2. The molecule has 21 heavy (non-hydrogen) atoms. The highest BCUT2D eigenvalue weighted by Crippen LogP contribution is 2.42. The van der Waals surface area contributed by atoms with Gasteiger partial charge in [0.1, 0.15) is 11.6 Å². The Hall–Kier alpha value is -1.65. The molecule has 0 aromatic heterocycles. The van der Waals surface area contributed by atoms with Crippen LogP contribution in [0.1, 0.15) is 38.2 Å². The third kappa shape index (κ3) is 3.93. The molecule has 5 heteroatoms. The van der Waals surface area contributed by atoms with Gasteiger partial charge < -0.3 is 10.6 Å². The van der Waals surface area contributed by atoms with E-state index in [1.165, 1.54) is 25.3 Å². The summed E-state index contributed by atoms with van der Waals surface area (Å²) < 4.78 is 26.7. The first-order valence-electron chi connectivity index (χ1n) is 7.47. The maximum atomic E-state index is 13.6. The fraction of sp³-hybridized carbons (Fsp3) is 0.562. The summed E-state index contributed by atoms with van der Waals surface area (Å²) in [7, 11) is 1.68. The van der Waals surface area contributed by atoms with Crippen LogP contribution in [0.3, 0.4) is 0 Å². The van der Waals surface area contributed by atoms with Crippen molar-refractivity contribution in [3.63, 3.8) is 0 Å². The summed E-state index contributed by atoms with van der Waals surface area (Å²) in [6.07, 6.45) is 4.92. The van der Waals surface area contributed by atoms with Crippen LogP contribution in [-0.2, 0) is 6.54 Å². The summed E-state index contributed by atoms with van der Waals surface area (Å²) in [5.41, 5.74) is 0.675. The van der Waals surface area contributed by atoms with Crippen molar-refractivity contribution in [2.45, 2.75) is 39.2 Å². The molecule has 0 heterocycles. The predicted molar refractivity (Wildman–Crippen MR) is 81.1 cm³/mol. The number of nitrogens with zero attached hydrogens (tertiary/aromatic N) is 1. The summed E-state index contributed by atoms with van der Waals surface area (Å²) >= 11 is 0. The van der Waals surface area contributed by atoms with Crippen LogP contribution in [0, 0.1) is 17.0 Å². The zero-order valence-corrected chi connectivity index (χ0v) is 12.7. The molecule has 0 atom stereocenters. The lowest BCUT2D eigenvalue weighted by atomic mass is 9.67. The summed E-state index contributed by atoms with van der Waals surface area (Å²) in [5.74, 6) is -0.225. The quantitative estimate of drug-likeness (QED) is 0.646. The molecule has 0 amide bonds. The largest absolute Gasteiger partial charge is 0.356 e. The van der Waals surface area contributed by atoms with Gasteiger partial charge in [0.15, 0.2) is 5.96 Å². The number of aliphatic imine (C=N–C) groups is 1. The van der Waals surface area contributed by atoms with E-state index in [4.69, 9.17) is 0 Å². The van der Waals surface area contributed by atoms with Crippen LogP contribution in [0.25, 0.3) is 0 Å². The molecular formula is C16H23F2N3. The standard InChI is InChI=1S/C16H23F2N3/c1-3-16(7-4-8-16)11-21-15(19-2)20-10-12-9-13(17)5-6-14(12)18/h5-6,9H,3-4,7-8,10-11H2,1-2H3,(H2,19,20,21). The summed E-state index contributed by atoms with van der Waals surface area (Å²) in [6.45, 7) is 3.29. The molecule has 1 aromatic rings. The summed E-state index contributed by atoms with van der Waals surface area (Å²) in [5, 5.41) is 6.32. The Morgan fingerprint density at radius 2 is 2.05 bits per heavy atom. The van der Waals surface area contributed by atoms with E-state index in [9.17, 15) is 8.78 Å².